The number of benzene rings is 1. The molecule has 112 valence electrons. The van der Waals surface area contributed by atoms with Crippen LogP contribution in [0.4, 0.5) is 13.6 Å². The van der Waals surface area contributed by atoms with E-state index in [1.807, 2.05) is 0 Å². The Labute approximate surface area is 116 Å². The molecule has 0 bridgehead atoms. The maximum atomic E-state index is 13.2. The van der Waals surface area contributed by atoms with Crippen molar-refractivity contribution in [2.45, 2.75) is 13.0 Å². The standard InChI is InChI=1S/C13H18F2N2O3/c1-9(18)8-17(2)13(19)16-5-6-20-12-4-3-10(14)7-11(12)15/h3-4,7,9,18H,5-6,8H2,1-2H3,(H,16,19). The van der Waals surface area contributed by atoms with E-state index in [1.54, 1.807) is 14.0 Å². The van der Waals surface area contributed by atoms with Gasteiger partial charge >= 0.3 is 6.03 Å². The predicted molar refractivity (Wildman–Crippen MR) is 69.6 cm³/mol. The van der Waals surface area contributed by atoms with Crippen LogP contribution in [0, 0.1) is 11.6 Å². The first-order valence-electron chi connectivity index (χ1n) is 6.15. The zero-order chi connectivity index (χ0) is 15.1. The average Bonchev–Trinajstić information content (AvgIpc) is 2.35. The number of hydrogen-bond donors (Lipinski definition) is 2. The molecule has 1 rings (SSSR count). The molecule has 0 aliphatic heterocycles. The van der Waals surface area contributed by atoms with Crippen molar-refractivity contribution < 1.29 is 23.4 Å². The minimum atomic E-state index is -0.789. The molecule has 0 aromatic heterocycles. The van der Waals surface area contributed by atoms with Gasteiger partial charge in [0, 0.05) is 19.7 Å². The molecular formula is C13H18F2N2O3. The lowest BCUT2D eigenvalue weighted by atomic mass is 10.3. The SMILES string of the molecule is CC(O)CN(C)C(=O)NCCOc1ccc(F)cc1F. The number of hydrogen-bond acceptors (Lipinski definition) is 3. The lowest BCUT2D eigenvalue weighted by Crippen LogP contribution is -2.42. The highest BCUT2D eigenvalue weighted by Crippen LogP contribution is 2.17. The van der Waals surface area contributed by atoms with Gasteiger partial charge in [-0.2, -0.15) is 0 Å². The van der Waals surface area contributed by atoms with E-state index >= 15 is 0 Å². The van der Waals surface area contributed by atoms with Crippen molar-refractivity contribution in [2.75, 3.05) is 26.7 Å². The maximum Gasteiger partial charge on any atom is 0.317 e. The number of nitrogens with one attached hydrogen (secondary N) is 1. The largest absolute Gasteiger partial charge is 0.489 e. The summed E-state index contributed by atoms with van der Waals surface area (Å²) >= 11 is 0. The minimum absolute atomic E-state index is 0.0524. The Hall–Kier alpha value is -1.89. The molecule has 0 aliphatic carbocycles. The van der Waals surface area contributed by atoms with Crippen molar-refractivity contribution >= 4 is 6.03 Å². The van der Waals surface area contributed by atoms with Crippen LogP contribution in [0.25, 0.3) is 0 Å². The molecule has 0 spiro atoms. The summed E-state index contributed by atoms with van der Waals surface area (Å²) in [7, 11) is 1.54. The number of carbonyl (C=O) groups is 1. The summed E-state index contributed by atoms with van der Waals surface area (Å²) < 4.78 is 31.0. The van der Waals surface area contributed by atoms with Gasteiger partial charge < -0.3 is 20.1 Å². The molecule has 5 nitrogen and oxygen atoms in total. The third-order valence-corrected chi connectivity index (χ3v) is 2.41. The van der Waals surface area contributed by atoms with E-state index in [2.05, 4.69) is 5.32 Å². The molecule has 1 unspecified atom stereocenters. The van der Waals surface area contributed by atoms with Gasteiger partial charge in [0.2, 0.25) is 0 Å². The molecular weight excluding hydrogens is 270 g/mol. The van der Waals surface area contributed by atoms with Gasteiger partial charge in [-0.05, 0) is 19.1 Å². The van der Waals surface area contributed by atoms with Crippen molar-refractivity contribution in [1.82, 2.24) is 10.2 Å². The first-order valence-corrected chi connectivity index (χ1v) is 6.15. The molecule has 20 heavy (non-hydrogen) atoms. The Morgan fingerprint density at radius 3 is 2.80 bits per heavy atom. The number of nitrogens with zero attached hydrogens (tertiary/aromatic N) is 1. The number of ether oxygens (including phenoxy) is 1. The minimum Gasteiger partial charge on any atom is -0.489 e. The second kappa shape index (κ2) is 7.64. The van der Waals surface area contributed by atoms with E-state index < -0.39 is 17.7 Å². The molecule has 2 N–H and O–H groups in total. The number of rotatable bonds is 6. The van der Waals surface area contributed by atoms with Gasteiger partial charge in [-0.3, -0.25) is 0 Å². The van der Waals surface area contributed by atoms with E-state index in [9.17, 15) is 13.6 Å². The quantitative estimate of drug-likeness (QED) is 0.777. The molecule has 0 heterocycles. The lowest BCUT2D eigenvalue weighted by molar-refractivity contribution is 0.143. The van der Waals surface area contributed by atoms with Crippen molar-refractivity contribution in [3.8, 4) is 5.75 Å². The van der Waals surface area contributed by atoms with E-state index in [4.69, 9.17) is 9.84 Å². The van der Waals surface area contributed by atoms with Crippen LogP contribution in [0.3, 0.4) is 0 Å². The summed E-state index contributed by atoms with van der Waals surface area (Å²) in [6.45, 7) is 2.00. The zero-order valence-corrected chi connectivity index (χ0v) is 11.4. The molecule has 0 saturated carbocycles. The monoisotopic (exact) mass is 288 g/mol. The van der Waals surface area contributed by atoms with Gasteiger partial charge in [0.1, 0.15) is 12.4 Å². The normalized spacial score (nSPS) is 11.8. The molecule has 0 saturated heterocycles. The van der Waals surface area contributed by atoms with Crippen LogP contribution in [0.5, 0.6) is 5.75 Å². The number of likely N-dealkylation sites (N-methyl/N-ethyl adjacent to an activating group) is 1. The number of aliphatic hydroxyl groups is 1. The number of urea groups is 1. The fraction of sp³-hybridized carbons (Fsp3) is 0.462. The van der Waals surface area contributed by atoms with Crippen LogP contribution in [0.2, 0.25) is 0 Å². The highest BCUT2D eigenvalue weighted by atomic mass is 19.1. The Morgan fingerprint density at radius 1 is 1.50 bits per heavy atom. The van der Waals surface area contributed by atoms with E-state index in [0.29, 0.717) is 0 Å². The predicted octanol–water partition coefficient (Wildman–Crippen LogP) is 1.37. The zero-order valence-electron chi connectivity index (χ0n) is 11.4. The maximum absolute atomic E-state index is 13.2. The third kappa shape index (κ3) is 5.40. The molecule has 0 radical (unpaired) electrons. The summed E-state index contributed by atoms with van der Waals surface area (Å²) in [5, 5.41) is 11.7. The average molecular weight is 288 g/mol. The fourth-order valence-corrected chi connectivity index (χ4v) is 1.53. The van der Waals surface area contributed by atoms with Gasteiger partial charge in [-0.25, -0.2) is 13.6 Å². The van der Waals surface area contributed by atoms with Crippen LogP contribution >= 0.6 is 0 Å². The van der Waals surface area contributed by atoms with E-state index in [0.717, 1.165) is 12.1 Å². The van der Waals surface area contributed by atoms with E-state index in [1.165, 1.54) is 11.0 Å². The Bertz CT molecular complexity index is 455. The van der Waals surface area contributed by atoms with Crippen LogP contribution in [0.1, 0.15) is 6.92 Å². The molecule has 1 atom stereocenters. The van der Waals surface area contributed by atoms with Crippen molar-refractivity contribution in [3.63, 3.8) is 0 Å². The first kappa shape index (κ1) is 16.2. The van der Waals surface area contributed by atoms with Gasteiger partial charge in [0.05, 0.1) is 12.6 Å². The summed E-state index contributed by atoms with van der Waals surface area (Å²) in [5.41, 5.74) is 0. The summed E-state index contributed by atoms with van der Waals surface area (Å²) in [5.74, 6) is -1.54. The molecule has 7 heteroatoms. The molecule has 2 amide bonds. The number of aliphatic hydroxyl groups excluding tert-OH is 1. The Kier molecular flexibility index (Phi) is 6.17. The van der Waals surface area contributed by atoms with Crippen molar-refractivity contribution in [2.24, 2.45) is 0 Å². The topological polar surface area (TPSA) is 61.8 Å². The number of amides is 2. The summed E-state index contributed by atoms with van der Waals surface area (Å²) in [6, 6.07) is 2.64. The molecule has 0 aliphatic rings. The lowest BCUT2D eigenvalue weighted by Gasteiger charge is -2.19. The van der Waals surface area contributed by atoms with Gasteiger partial charge in [0.15, 0.2) is 11.6 Å². The van der Waals surface area contributed by atoms with Crippen molar-refractivity contribution in [1.29, 1.82) is 0 Å². The fourth-order valence-electron chi connectivity index (χ4n) is 1.53. The summed E-state index contributed by atoms with van der Waals surface area (Å²) in [4.78, 5) is 12.8. The summed E-state index contributed by atoms with van der Waals surface area (Å²) in [6.07, 6.45) is -0.615. The van der Waals surface area contributed by atoms with Crippen molar-refractivity contribution in [3.05, 3.63) is 29.8 Å². The van der Waals surface area contributed by atoms with Crippen LogP contribution < -0.4 is 10.1 Å². The molecule has 0 fully saturated rings. The second-order valence-corrected chi connectivity index (χ2v) is 4.38. The van der Waals surface area contributed by atoms with Crippen LogP contribution in [-0.4, -0.2) is 48.9 Å². The highest BCUT2D eigenvalue weighted by Gasteiger charge is 2.10. The highest BCUT2D eigenvalue weighted by molar-refractivity contribution is 5.73. The number of carbonyl (C=O) groups excluding carboxylic acids is 1. The van der Waals surface area contributed by atoms with Gasteiger partial charge in [-0.1, -0.05) is 0 Å². The molecule has 1 aromatic carbocycles. The van der Waals surface area contributed by atoms with Gasteiger partial charge in [0.25, 0.3) is 0 Å². The second-order valence-electron chi connectivity index (χ2n) is 4.38. The Morgan fingerprint density at radius 2 is 2.20 bits per heavy atom. The van der Waals surface area contributed by atoms with Gasteiger partial charge in [-0.15, -0.1) is 0 Å². The Balaban J connectivity index is 2.29. The number of halogens is 2. The van der Waals surface area contributed by atoms with E-state index in [-0.39, 0.29) is 31.5 Å². The first-order chi connectivity index (χ1) is 9.40. The van der Waals surface area contributed by atoms with Crippen LogP contribution in [-0.2, 0) is 0 Å². The third-order valence-electron chi connectivity index (χ3n) is 2.41. The smallest absolute Gasteiger partial charge is 0.317 e. The van der Waals surface area contributed by atoms with Crippen LogP contribution in [0.15, 0.2) is 18.2 Å². The molecule has 1 aromatic rings.